The first-order chi connectivity index (χ1) is 17.3. The Labute approximate surface area is 209 Å². The first kappa shape index (κ1) is 22.5. The van der Waals surface area contributed by atoms with Crippen LogP contribution in [0, 0.1) is 12.7 Å². The van der Waals surface area contributed by atoms with E-state index in [4.69, 9.17) is 16.3 Å². The molecule has 1 fully saturated rings. The summed E-state index contributed by atoms with van der Waals surface area (Å²) in [6.45, 7) is 2.34. The molecule has 12 heteroatoms. The fraction of sp³-hybridized carbons (Fsp3) is 0.292. The third-order valence-electron chi connectivity index (χ3n) is 6.69. The summed E-state index contributed by atoms with van der Waals surface area (Å²) in [5.41, 5.74) is 2.92. The maximum atomic E-state index is 15.1. The molecule has 1 spiro atoms. The summed E-state index contributed by atoms with van der Waals surface area (Å²) >= 11 is 6.03. The number of fused-ring (bicyclic) bond motifs is 3. The van der Waals surface area contributed by atoms with Gasteiger partial charge in [-0.1, -0.05) is 17.7 Å². The number of likely N-dealkylation sites (tertiary alicyclic amines) is 1. The van der Waals surface area contributed by atoms with Gasteiger partial charge in [0.2, 0.25) is 5.82 Å². The third kappa shape index (κ3) is 3.67. The van der Waals surface area contributed by atoms with Crippen LogP contribution in [0.1, 0.15) is 46.0 Å². The molecule has 0 saturated carbocycles. The highest BCUT2D eigenvalue weighted by Crippen LogP contribution is 2.45. The number of aromatic amines is 2. The molecule has 4 heterocycles. The monoisotopic (exact) mass is 509 g/mol. The number of nitrogens with zero attached hydrogens (tertiary/aromatic N) is 4. The van der Waals surface area contributed by atoms with E-state index >= 15 is 4.39 Å². The van der Waals surface area contributed by atoms with Crippen LogP contribution in [0.2, 0.25) is 5.02 Å². The van der Waals surface area contributed by atoms with Crippen molar-refractivity contribution in [1.82, 2.24) is 30.0 Å². The molecule has 10 nitrogen and oxygen atoms in total. The molecule has 2 aliphatic heterocycles. The summed E-state index contributed by atoms with van der Waals surface area (Å²) in [7, 11) is 0. The van der Waals surface area contributed by atoms with Gasteiger partial charge in [0.15, 0.2) is 11.4 Å². The van der Waals surface area contributed by atoms with E-state index in [1.165, 1.54) is 17.0 Å². The Morgan fingerprint density at radius 3 is 3.06 bits per heavy atom. The lowest BCUT2D eigenvalue weighted by molar-refractivity contribution is -0.0420. The average molecular weight is 510 g/mol. The molecule has 1 atom stereocenters. The van der Waals surface area contributed by atoms with Crippen LogP contribution >= 0.6 is 11.6 Å². The zero-order valence-electron chi connectivity index (χ0n) is 19.2. The van der Waals surface area contributed by atoms with Gasteiger partial charge in [-0.2, -0.15) is 0 Å². The Kier molecular flexibility index (Phi) is 5.18. The quantitative estimate of drug-likeness (QED) is 0.382. The average Bonchev–Trinajstić information content (AvgIpc) is 3.51. The van der Waals surface area contributed by atoms with Crippen LogP contribution in [0.15, 0.2) is 30.6 Å². The first-order valence-corrected chi connectivity index (χ1v) is 11.8. The van der Waals surface area contributed by atoms with Crippen LogP contribution in [0.25, 0.3) is 11.0 Å². The Bertz CT molecular complexity index is 1530. The summed E-state index contributed by atoms with van der Waals surface area (Å²) < 4.78 is 20.7. The normalized spacial score (nSPS) is 19.3. The minimum absolute atomic E-state index is 0.00607. The van der Waals surface area contributed by atoms with Gasteiger partial charge in [0.25, 0.3) is 5.91 Å². The van der Waals surface area contributed by atoms with Gasteiger partial charge in [0, 0.05) is 13.0 Å². The fourth-order valence-electron chi connectivity index (χ4n) is 5.16. The molecule has 6 rings (SSSR count). The summed E-state index contributed by atoms with van der Waals surface area (Å²) in [6, 6.07) is 6.91. The van der Waals surface area contributed by atoms with E-state index in [-0.39, 0.29) is 28.6 Å². The number of carbonyl (C=O) groups excluding carboxylic acids is 2. The molecule has 0 radical (unpaired) electrons. The second-order valence-corrected chi connectivity index (χ2v) is 9.52. The lowest BCUT2D eigenvalue weighted by Crippen LogP contribution is -2.53. The van der Waals surface area contributed by atoms with E-state index < -0.39 is 23.4 Å². The second kappa shape index (κ2) is 8.30. The molecule has 2 amide bonds. The van der Waals surface area contributed by atoms with E-state index in [9.17, 15) is 9.59 Å². The van der Waals surface area contributed by atoms with Crippen LogP contribution in [0.3, 0.4) is 0 Å². The number of ether oxygens (including phenoxy) is 1. The molecule has 2 aliphatic rings. The number of H-pyrrole nitrogens is 2. The molecule has 36 heavy (non-hydrogen) atoms. The van der Waals surface area contributed by atoms with E-state index in [1.807, 2.05) is 19.1 Å². The number of piperidine rings is 1. The maximum Gasteiger partial charge on any atom is 0.412 e. The number of carbonyl (C=O) groups is 2. The number of aromatic nitrogens is 5. The van der Waals surface area contributed by atoms with Crippen LogP contribution in [-0.2, 0) is 16.8 Å². The molecule has 2 aromatic heterocycles. The molecular weight excluding hydrogens is 489 g/mol. The first-order valence-electron chi connectivity index (χ1n) is 11.4. The Morgan fingerprint density at radius 2 is 2.19 bits per heavy atom. The fourth-order valence-corrected chi connectivity index (χ4v) is 5.31. The summed E-state index contributed by atoms with van der Waals surface area (Å²) in [5, 5.41) is 9.39. The van der Waals surface area contributed by atoms with Crippen molar-refractivity contribution < 1.29 is 18.7 Å². The van der Waals surface area contributed by atoms with Gasteiger partial charge in [0.1, 0.15) is 5.82 Å². The lowest BCUT2D eigenvalue weighted by atomic mass is 9.83. The van der Waals surface area contributed by atoms with E-state index in [2.05, 4.69) is 30.5 Å². The number of benzene rings is 2. The van der Waals surface area contributed by atoms with Crippen molar-refractivity contribution in [2.45, 2.75) is 31.8 Å². The number of hydrogen-bond donors (Lipinski definition) is 3. The Morgan fingerprint density at radius 1 is 1.33 bits per heavy atom. The predicted octanol–water partition coefficient (Wildman–Crippen LogP) is 4.07. The number of rotatable bonds is 3. The van der Waals surface area contributed by atoms with Crippen LogP contribution in [0.5, 0.6) is 0 Å². The summed E-state index contributed by atoms with van der Waals surface area (Å²) in [5.74, 6) is -0.586. The number of halogens is 2. The van der Waals surface area contributed by atoms with Crippen LogP contribution < -0.4 is 5.32 Å². The maximum absolute atomic E-state index is 15.1. The van der Waals surface area contributed by atoms with Crippen molar-refractivity contribution in [3.8, 4) is 0 Å². The number of aryl methyl sites for hydroxylation is 1. The Hall–Kier alpha value is -3.99. The number of nitrogens with one attached hydrogen (secondary N) is 3. The molecule has 0 bridgehead atoms. The minimum Gasteiger partial charge on any atom is -0.436 e. The highest BCUT2D eigenvalue weighted by Gasteiger charge is 2.49. The van der Waals surface area contributed by atoms with Gasteiger partial charge >= 0.3 is 6.09 Å². The molecule has 184 valence electrons. The van der Waals surface area contributed by atoms with E-state index in [0.717, 1.165) is 22.2 Å². The van der Waals surface area contributed by atoms with Crippen LogP contribution in [0.4, 0.5) is 14.9 Å². The smallest absolute Gasteiger partial charge is 0.412 e. The summed E-state index contributed by atoms with van der Waals surface area (Å²) in [4.78, 5) is 38.9. The largest absolute Gasteiger partial charge is 0.436 e. The van der Waals surface area contributed by atoms with E-state index in [0.29, 0.717) is 31.6 Å². The van der Waals surface area contributed by atoms with Gasteiger partial charge in [-0.05, 0) is 49.1 Å². The zero-order chi connectivity index (χ0) is 25.0. The number of anilines is 1. The number of hydrogen-bond acceptors (Lipinski definition) is 6. The third-order valence-corrected chi connectivity index (χ3v) is 6.98. The van der Waals surface area contributed by atoms with Crippen LogP contribution in [-0.4, -0.2) is 55.1 Å². The number of amides is 2. The van der Waals surface area contributed by atoms with Crippen molar-refractivity contribution in [2.24, 2.45) is 0 Å². The van der Waals surface area contributed by atoms with Gasteiger partial charge in [-0.3, -0.25) is 15.2 Å². The molecule has 0 unspecified atom stereocenters. The summed E-state index contributed by atoms with van der Waals surface area (Å²) in [6.07, 6.45) is 2.23. The number of imidazole rings is 1. The SMILES string of the molecule is Cc1cc(Cc2nc(C(=O)N3CCC[C@@]4(C3)OC(=O)Nc3ccc(Cl)c(F)c34)n[nH]2)cc2[nH]cnc12. The molecule has 0 aliphatic carbocycles. The molecule has 3 N–H and O–H groups in total. The van der Waals surface area contributed by atoms with Gasteiger partial charge in [-0.15, -0.1) is 5.10 Å². The predicted molar refractivity (Wildman–Crippen MR) is 128 cm³/mol. The standard InChI is InChI=1S/C24H21ClFN7O3/c1-12-7-13(8-16-20(12)28-11-27-16)9-17-30-21(32-31-17)22(34)33-6-2-5-24(10-33)18-15(29-23(35)36-24)4-3-14(25)19(18)26/h3-4,7-8,11H,2,5-6,9-10H2,1H3,(H,27,28)(H,29,35)(H,30,31,32)/t24-/m0/s1. The topological polar surface area (TPSA) is 129 Å². The molecule has 4 aromatic rings. The second-order valence-electron chi connectivity index (χ2n) is 9.12. The minimum atomic E-state index is -1.35. The zero-order valence-corrected chi connectivity index (χ0v) is 19.9. The lowest BCUT2D eigenvalue weighted by Gasteiger charge is -2.44. The highest BCUT2D eigenvalue weighted by molar-refractivity contribution is 6.31. The van der Waals surface area contributed by atoms with Gasteiger partial charge in [-0.25, -0.2) is 19.2 Å². The van der Waals surface area contributed by atoms with Crippen molar-refractivity contribution in [3.05, 3.63) is 69.8 Å². The van der Waals surface area contributed by atoms with Gasteiger partial charge in [0.05, 0.1) is 40.2 Å². The molecular formula is C24H21ClFN7O3. The van der Waals surface area contributed by atoms with Crippen molar-refractivity contribution >= 4 is 40.3 Å². The molecule has 1 saturated heterocycles. The van der Waals surface area contributed by atoms with Crippen molar-refractivity contribution in [3.63, 3.8) is 0 Å². The Balaban J connectivity index is 1.25. The van der Waals surface area contributed by atoms with Gasteiger partial charge < -0.3 is 14.6 Å². The van der Waals surface area contributed by atoms with Crippen molar-refractivity contribution in [1.29, 1.82) is 0 Å². The molecule has 2 aromatic carbocycles. The van der Waals surface area contributed by atoms with Crippen molar-refractivity contribution in [2.75, 3.05) is 18.4 Å². The van der Waals surface area contributed by atoms with E-state index in [1.54, 1.807) is 6.33 Å². The highest BCUT2D eigenvalue weighted by atomic mass is 35.5.